The fourth-order valence-electron chi connectivity index (χ4n) is 1.56. The first kappa shape index (κ1) is 11.0. The van der Waals surface area contributed by atoms with Gasteiger partial charge in [-0.1, -0.05) is 0 Å². The van der Waals surface area contributed by atoms with Crippen LogP contribution in [-0.2, 0) is 9.59 Å². The van der Waals surface area contributed by atoms with Gasteiger partial charge in [-0.25, -0.2) is 0 Å². The lowest BCUT2D eigenvalue weighted by molar-refractivity contribution is -0.134. The minimum Gasteiger partial charge on any atom is -0.395 e. The Morgan fingerprint density at radius 3 is 2.86 bits per heavy atom. The van der Waals surface area contributed by atoms with Crippen LogP contribution in [0.3, 0.4) is 0 Å². The van der Waals surface area contributed by atoms with Gasteiger partial charge in [0.05, 0.1) is 6.61 Å². The molecule has 0 aromatic carbocycles. The lowest BCUT2D eigenvalue weighted by atomic mass is 10.2. The molecule has 1 saturated heterocycles. The van der Waals surface area contributed by atoms with Crippen LogP contribution in [0.2, 0.25) is 0 Å². The number of nitrogens with one attached hydrogen (secondary N) is 1. The lowest BCUT2D eigenvalue weighted by Crippen LogP contribution is -2.45. The second kappa shape index (κ2) is 4.95. The molecule has 2 amide bonds. The quantitative estimate of drug-likeness (QED) is 0.618. The van der Waals surface area contributed by atoms with Crippen molar-refractivity contribution in [3.8, 4) is 0 Å². The highest BCUT2D eigenvalue weighted by atomic mass is 16.3. The van der Waals surface area contributed by atoms with Crippen LogP contribution in [-0.4, -0.2) is 47.6 Å². The van der Waals surface area contributed by atoms with Crippen LogP contribution in [0.5, 0.6) is 0 Å². The number of carbonyl (C=O) groups excluding carboxylic acids is 2. The predicted molar refractivity (Wildman–Crippen MR) is 50.5 cm³/mol. The van der Waals surface area contributed by atoms with Gasteiger partial charge in [0.2, 0.25) is 11.8 Å². The van der Waals surface area contributed by atoms with Crippen LogP contribution in [0, 0.1) is 0 Å². The van der Waals surface area contributed by atoms with Crippen molar-refractivity contribution in [3.63, 3.8) is 0 Å². The highest BCUT2D eigenvalue weighted by Gasteiger charge is 2.29. The summed E-state index contributed by atoms with van der Waals surface area (Å²) in [6.07, 6.45) is 0.993. The smallest absolute Gasteiger partial charge is 0.245 e. The molecule has 1 aliphatic rings. The van der Waals surface area contributed by atoms with E-state index in [2.05, 4.69) is 5.32 Å². The Bertz CT molecular complexity index is 230. The van der Waals surface area contributed by atoms with Gasteiger partial charge in [-0.15, -0.1) is 0 Å². The van der Waals surface area contributed by atoms with Gasteiger partial charge in [-0.05, 0) is 13.3 Å². The second-order valence-electron chi connectivity index (χ2n) is 3.30. The molecule has 14 heavy (non-hydrogen) atoms. The van der Waals surface area contributed by atoms with E-state index in [4.69, 9.17) is 5.11 Å². The number of aliphatic hydroxyl groups is 1. The molecular formula is C9H16N2O3. The molecule has 0 aromatic heterocycles. The average molecular weight is 200 g/mol. The summed E-state index contributed by atoms with van der Waals surface area (Å²) in [6, 6.07) is -0.381. The summed E-state index contributed by atoms with van der Waals surface area (Å²) in [6.45, 7) is 2.71. The highest BCUT2D eigenvalue weighted by Crippen LogP contribution is 2.09. The number of aliphatic hydroxyl groups excluding tert-OH is 1. The number of nitrogens with zero attached hydrogens (tertiary/aromatic N) is 1. The Hall–Kier alpha value is -1.10. The van der Waals surface area contributed by atoms with E-state index in [0.29, 0.717) is 25.9 Å². The van der Waals surface area contributed by atoms with Crippen LogP contribution in [0.25, 0.3) is 0 Å². The van der Waals surface area contributed by atoms with E-state index in [-0.39, 0.29) is 24.5 Å². The topological polar surface area (TPSA) is 69.6 Å². The van der Waals surface area contributed by atoms with Crippen LogP contribution < -0.4 is 5.32 Å². The summed E-state index contributed by atoms with van der Waals surface area (Å²) in [4.78, 5) is 24.2. The maximum Gasteiger partial charge on any atom is 0.245 e. The molecule has 2 N–H and O–H groups in total. The van der Waals surface area contributed by atoms with E-state index in [0.717, 1.165) is 0 Å². The Labute approximate surface area is 83.1 Å². The summed E-state index contributed by atoms with van der Waals surface area (Å²) >= 11 is 0. The first-order valence-corrected chi connectivity index (χ1v) is 4.88. The van der Waals surface area contributed by atoms with E-state index < -0.39 is 0 Å². The SMILES string of the molecule is CCN(CCO)C(=O)[C@H]1CCC(=O)N1. The molecule has 0 aromatic rings. The molecule has 5 heteroatoms. The molecule has 0 aliphatic carbocycles. The Balaban J connectivity index is 2.49. The van der Waals surface area contributed by atoms with Crippen LogP contribution >= 0.6 is 0 Å². The number of amides is 2. The zero-order chi connectivity index (χ0) is 10.6. The molecule has 1 heterocycles. The van der Waals surface area contributed by atoms with Gasteiger partial charge in [0, 0.05) is 19.5 Å². The van der Waals surface area contributed by atoms with Crippen molar-refractivity contribution in [1.82, 2.24) is 10.2 Å². The van der Waals surface area contributed by atoms with Crippen molar-refractivity contribution in [1.29, 1.82) is 0 Å². The third-order valence-corrected chi connectivity index (χ3v) is 2.36. The molecule has 0 spiro atoms. The summed E-state index contributed by atoms with van der Waals surface area (Å²) in [5, 5.41) is 11.3. The molecule has 1 aliphatic heterocycles. The minimum absolute atomic E-state index is 0.0414. The van der Waals surface area contributed by atoms with Gasteiger partial charge in [-0.2, -0.15) is 0 Å². The number of rotatable bonds is 4. The standard InChI is InChI=1S/C9H16N2O3/c1-2-11(5-6-12)9(14)7-3-4-8(13)10-7/h7,12H,2-6H2,1H3,(H,10,13)/t7-/m1/s1. The molecule has 0 radical (unpaired) electrons. The number of carbonyl (C=O) groups is 2. The molecule has 1 atom stereocenters. The van der Waals surface area contributed by atoms with Crippen molar-refractivity contribution >= 4 is 11.8 Å². The molecule has 1 fully saturated rings. The number of hydrogen-bond acceptors (Lipinski definition) is 3. The molecule has 0 unspecified atom stereocenters. The minimum atomic E-state index is -0.381. The van der Waals surface area contributed by atoms with Crippen LogP contribution in [0.1, 0.15) is 19.8 Å². The van der Waals surface area contributed by atoms with Crippen molar-refractivity contribution in [2.24, 2.45) is 0 Å². The second-order valence-corrected chi connectivity index (χ2v) is 3.30. The normalized spacial score (nSPS) is 20.7. The average Bonchev–Trinajstić information content (AvgIpc) is 2.60. The molecular weight excluding hydrogens is 184 g/mol. The molecule has 80 valence electrons. The monoisotopic (exact) mass is 200 g/mol. The van der Waals surface area contributed by atoms with Crippen LogP contribution in [0.4, 0.5) is 0 Å². The highest BCUT2D eigenvalue weighted by molar-refractivity contribution is 5.90. The fraction of sp³-hybridized carbons (Fsp3) is 0.778. The van der Waals surface area contributed by atoms with Crippen molar-refractivity contribution in [2.45, 2.75) is 25.8 Å². The van der Waals surface area contributed by atoms with Crippen molar-refractivity contribution in [2.75, 3.05) is 19.7 Å². The third kappa shape index (κ3) is 2.45. The van der Waals surface area contributed by atoms with E-state index >= 15 is 0 Å². The maximum atomic E-state index is 11.7. The van der Waals surface area contributed by atoms with E-state index in [1.54, 1.807) is 4.90 Å². The van der Waals surface area contributed by atoms with Gasteiger partial charge in [-0.3, -0.25) is 9.59 Å². The fourth-order valence-corrected chi connectivity index (χ4v) is 1.56. The van der Waals surface area contributed by atoms with Gasteiger partial charge in [0.15, 0.2) is 0 Å². The molecule has 0 bridgehead atoms. The number of hydrogen-bond donors (Lipinski definition) is 2. The first-order chi connectivity index (χ1) is 6.69. The van der Waals surface area contributed by atoms with Gasteiger partial charge in [0.1, 0.15) is 6.04 Å². The molecule has 0 saturated carbocycles. The maximum absolute atomic E-state index is 11.7. The van der Waals surface area contributed by atoms with Crippen molar-refractivity contribution in [3.05, 3.63) is 0 Å². The largest absolute Gasteiger partial charge is 0.395 e. The zero-order valence-corrected chi connectivity index (χ0v) is 8.32. The number of likely N-dealkylation sites (N-methyl/N-ethyl adjacent to an activating group) is 1. The molecule has 1 rings (SSSR count). The summed E-state index contributed by atoms with van der Waals surface area (Å²) in [5.41, 5.74) is 0. The van der Waals surface area contributed by atoms with Gasteiger partial charge < -0.3 is 15.3 Å². The summed E-state index contributed by atoms with van der Waals surface area (Å²) in [7, 11) is 0. The van der Waals surface area contributed by atoms with E-state index in [9.17, 15) is 9.59 Å². The Morgan fingerprint density at radius 2 is 2.43 bits per heavy atom. The Morgan fingerprint density at radius 1 is 1.71 bits per heavy atom. The molecule has 5 nitrogen and oxygen atoms in total. The van der Waals surface area contributed by atoms with Gasteiger partial charge in [0.25, 0.3) is 0 Å². The van der Waals surface area contributed by atoms with Gasteiger partial charge >= 0.3 is 0 Å². The third-order valence-electron chi connectivity index (χ3n) is 2.36. The Kier molecular flexibility index (Phi) is 3.88. The first-order valence-electron chi connectivity index (χ1n) is 4.88. The lowest BCUT2D eigenvalue weighted by Gasteiger charge is -2.22. The summed E-state index contributed by atoms with van der Waals surface area (Å²) < 4.78 is 0. The summed E-state index contributed by atoms with van der Waals surface area (Å²) in [5.74, 6) is -0.157. The predicted octanol–water partition coefficient (Wildman–Crippen LogP) is -0.894. The zero-order valence-electron chi connectivity index (χ0n) is 8.32. The van der Waals surface area contributed by atoms with E-state index in [1.807, 2.05) is 6.92 Å². The van der Waals surface area contributed by atoms with Crippen molar-refractivity contribution < 1.29 is 14.7 Å². The van der Waals surface area contributed by atoms with E-state index in [1.165, 1.54) is 0 Å². The van der Waals surface area contributed by atoms with Crippen LogP contribution in [0.15, 0.2) is 0 Å².